The van der Waals surface area contributed by atoms with E-state index < -0.39 is 24.2 Å². The van der Waals surface area contributed by atoms with Crippen molar-refractivity contribution < 1.29 is 23.5 Å². The van der Waals surface area contributed by atoms with Crippen molar-refractivity contribution in [3.05, 3.63) is 58.6 Å². The molecule has 114 valence electrons. The lowest BCUT2D eigenvalue weighted by Gasteiger charge is -2.08. The summed E-state index contributed by atoms with van der Waals surface area (Å²) in [6.07, 6.45) is 1.42. The van der Waals surface area contributed by atoms with E-state index in [9.17, 15) is 14.0 Å². The number of ketones is 1. The van der Waals surface area contributed by atoms with Crippen LogP contribution in [-0.2, 0) is 4.74 Å². The third-order valence-electron chi connectivity index (χ3n) is 2.78. The number of hydrogen-bond acceptors (Lipinski definition) is 5. The number of Topliss-reactive ketones (excluding diaryl/α,β-unsaturated/α-hetero) is 1. The number of hydrogen-bond donors (Lipinski definition) is 0. The number of rotatable bonds is 5. The number of carbonyl (C=O) groups excluding carboxylic acids is 2. The van der Waals surface area contributed by atoms with E-state index in [0.29, 0.717) is 0 Å². The minimum atomic E-state index is -0.790. The molecule has 2 aromatic rings. The summed E-state index contributed by atoms with van der Waals surface area (Å²) in [5, 5.41) is -0.0247. The van der Waals surface area contributed by atoms with Crippen LogP contribution in [0.4, 0.5) is 4.39 Å². The van der Waals surface area contributed by atoms with Crippen LogP contribution in [0.2, 0.25) is 5.15 Å². The fourth-order valence-electron chi connectivity index (χ4n) is 1.72. The van der Waals surface area contributed by atoms with Gasteiger partial charge in [0.15, 0.2) is 6.61 Å². The Hall–Kier alpha value is -2.47. The Kier molecular flexibility index (Phi) is 5.06. The predicted octanol–water partition coefficient (Wildman–Crippen LogP) is 2.92. The van der Waals surface area contributed by atoms with Gasteiger partial charge in [-0.2, -0.15) is 0 Å². The number of nitrogens with zero attached hydrogens (tertiary/aromatic N) is 1. The van der Waals surface area contributed by atoms with Crippen molar-refractivity contribution >= 4 is 23.4 Å². The highest BCUT2D eigenvalue weighted by Crippen LogP contribution is 2.20. The monoisotopic (exact) mass is 323 g/mol. The normalized spacial score (nSPS) is 10.1. The maximum Gasteiger partial charge on any atom is 0.341 e. The van der Waals surface area contributed by atoms with Crippen LogP contribution in [0.5, 0.6) is 5.75 Å². The molecule has 0 aliphatic heterocycles. The van der Waals surface area contributed by atoms with Gasteiger partial charge >= 0.3 is 5.97 Å². The van der Waals surface area contributed by atoms with Crippen molar-refractivity contribution in [2.75, 3.05) is 13.7 Å². The van der Waals surface area contributed by atoms with Crippen LogP contribution in [-0.4, -0.2) is 30.5 Å². The Morgan fingerprint density at radius 2 is 2.05 bits per heavy atom. The third kappa shape index (κ3) is 3.59. The molecule has 0 saturated carbocycles. The SMILES string of the molecule is COc1ccc(F)cc1C(=O)COC(=O)c1cccnc1Cl. The van der Waals surface area contributed by atoms with Gasteiger partial charge in [-0.3, -0.25) is 4.79 Å². The summed E-state index contributed by atoms with van der Waals surface area (Å²) < 4.78 is 23.1. The molecule has 0 spiro atoms. The average Bonchev–Trinajstić information content (AvgIpc) is 2.52. The number of ether oxygens (including phenoxy) is 2. The van der Waals surface area contributed by atoms with Gasteiger partial charge in [0, 0.05) is 6.20 Å². The van der Waals surface area contributed by atoms with Crippen LogP contribution in [0, 0.1) is 5.82 Å². The van der Waals surface area contributed by atoms with Gasteiger partial charge in [-0.25, -0.2) is 14.2 Å². The lowest BCUT2D eigenvalue weighted by molar-refractivity contribution is 0.0473. The molecule has 0 saturated heterocycles. The lowest BCUT2D eigenvalue weighted by Crippen LogP contribution is -2.15. The number of halogens is 2. The van der Waals surface area contributed by atoms with E-state index >= 15 is 0 Å². The fourth-order valence-corrected chi connectivity index (χ4v) is 1.92. The highest BCUT2D eigenvalue weighted by molar-refractivity contribution is 6.32. The molecule has 0 atom stereocenters. The molecule has 1 aromatic carbocycles. The molecule has 0 aliphatic carbocycles. The molecule has 0 amide bonds. The Morgan fingerprint density at radius 3 is 2.73 bits per heavy atom. The topological polar surface area (TPSA) is 65.5 Å². The summed E-state index contributed by atoms with van der Waals surface area (Å²) in [5.41, 5.74) is 0.0377. The quantitative estimate of drug-likeness (QED) is 0.481. The summed E-state index contributed by atoms with van der Waals surface area (Å²) in [4.78, 5) is 27.6. The van der Waals surface area contributed by atoms with Crippen LogP contribution in [0.25, 0.3) is 0 Å². The molecule has 0 unspecified atom stereocenters. The van der Waals surface area contributed by atoms with Crippen LogP contribution < -0.4 is 4.74 Å². The Labute approximate surface area is 130 Å². The Balaban J connectivity index is 2.09. The third-order valence-corrected chi connectivity index (χ3v) is 3.08. The molecule has 7 heteroatoms. The molecular formula is C15H11ClFNO4. The van der Waals surface area contributed by atoms with Crippen molar-refractivity contribution in [1.82, 2.24) is 4.98 Å². The van der Waals surface area contributed by atoms with Crippen LogP contribution in [0.15, 0.2) is 36.5 Å². The first kappa shape index (κ1) is 15.9. The van der Waals surface area contributed by atoms with E-state index in [1.54, 1.807) is 0 Å². The standard InChI is InChI=1S/C15H11ClFNO4/c1-21-13-5-4-9(17)7-11(13)12(19)8-22-15(20)10-3-2-6-18-14(10)16/h2-7H,8H2,1H3. The first-order valence-corrected chi connectivity index (χ1v) is 6.55. The Bertz CT molecular complexity index is 720. The van der Waals surface area contributed by atoms with E-state index in [1.165, 1.54) is 31.5 Å². The second kappa shape index (κ2) is 7.00. The average molecular weight is 324 g/mol. The number of carbonyl (C=O) groups is 2. The molecule has 0 radical (unpaired) electrons. The van der Waals surface area contributed by atoms with Gasteiger partial charge in [-0.1, -0.05) is 11.6 Å². The van der Waals surface area contributed by atoms with Crippen LogP contribution in [0.1, 0.15) is 20.7 Å². The number of benzene rings is 1. The molecule has 0 bridgehead atoms. The molecule has 2 rings (SSSR count). The van der Waals surface area contributed by atoms with Crippen molar-refractivity contribution in [2.45, 2.75) is 0 Å². The summed E-state index contributed by atoms with van der Waals surface area (Å²) in [7, 11) is 1.35. The Morgan fingerprint density at radius 1 is 1.27 bits per heavy atom. The van der Waals surface area contributed by atoms with E-state index in [2.05, 4.69) is 4.98 Å². The molecule has 0 aliphatic rings. The maximum atomic E-state index is 13.2. The summed E-state index contributed by atoms with van der Waals surface area (Å²) in [6.45, 7) is -0.566. The van der Waals surface area contributed by atoms with Crippen molar-refractivity contribution in [2.24, 2.45) is 0 Å². The summed E-state index contributed by atoms with van der Waals surface area (Å²) >= 11 is 5.75. The van der Waals surface area contributed by atoms with Crippen molar-refractivity contribution in [1.29, 1.82) is 0 Å². The first-order valence-electron chi connectivity index (χ1n) is 6.17. The van der Waals surface area contributed by atoms with E-state index in [1.807, 2.05) is 0 Å². The second-order valence-corrected chi connectivity index (χ2v) is 4.54. The van der Waals surface area contributed by atoms with Gasteiger partial charge in [0.25, 0.3) is 0 Å². The number of esters is 1. The number of aromatic nitrogens is 1. The molecule has 1 aromatic heterocycles. The highest BCUT2D eigenvalue weighted by Gasteiger charge is 2.18. The maximum absolute atomic E-state index is 13.2. The largest absolute Gasteiger partial charge is 0.496 e. The lowest BCUT2D eigenvalue weighted by atomic mass is 10.1. The highest BCUT2D eigenvalue weighted by atomic mass is 35.5. The van der Waals surface area contributed by atoms with E-state index in [0.717, 1.165) is 12.1 Å². The van der Waals surface area contributed by atoms with Gasteiger partial charge in [0.1, 0.15) is 16.7 Å². The number of methoxy groups -OCH3 is 1. The van der Waals surface area contributed by atoms with Crippen molar-refractivity contribution in [3.63, 3.8) is 0 Å². The van der Waals surface area contributed by atoms with Crippen molar-refractivity contribution in [3.8, 4) is 5.75 Å². The molecule has 0 fully saturated rings. The van der Waals surface area contributed by atoms with Crippen LogP contribution in [0.3, 0.4) is 0 Å². The van der Waals surface area contributed by atoms with E-state index in [4.69, 9.17) is 21.1 Å². The molecule has 1 heterocycles. The summed E-state index contributed by atoms with van der Waals surface area (Å²) in [6, 6.07) is 6.44. The first-order chi connectivity index (χ1) is 10.5. The van der Waals surface area contributed by atoms with Gasteiger partial charge in [-0.05, 0) is 30.3 Å². The zero-order valence-corrected chi connectivity index (χ0v) is 12.3. The molecule has 0 N–H and O–H groups in total. The summed E-state index contributed by atoms with van der Waals surface area (Å²) in [5.74, 6) is -1.78. The van der Waals surface area contributed by atoms with Crippen LogP contribution >= 0.6 is 11.6 Å². The van der Waals surface area contributed by atoms with Gasteiger partial charge in [-0.15, -0.1) is 0 Å². The smallest absolute Gasteiger partial charge is 0.341 e. The van der Waals surface area contributed by atoms with Gasteiger partial charge in [0.05, 0.1) is 18.2 Å². The fraction of sp³-hybridized carbons (Fsp3) is 0.133. The van der Waals surface area contributed by atoms with Gasteiger partial charge < -0.3 is 9.47 Å². The van der Waals surface area contributed by atoms with E-state index in [-0.39, 0.29) is 22.0 Å². The zero-order chi connectivity index (χ0) is 16.1. The molecule has 22 heavy (non-hydrogen) atoms. The molecule has 5 nitrogen and oxygen atoms in total. The second-order valence-electron chi connectivity index (χ2n) is 4.19. The molecular weight excluding hydrogens is 313 g/mol. The number of pyridine rings is 1. The minimum Gasteiger partial charge on any atom is -0.496 e. The minimum absolute atomic E-state index is 0.00687. The zero-order valence-electron chi connectivity index (χ0n) is 11.5. The van der Waals surface area contributed by atoms with Gasteiger partial charge in [0.2, 0.25) is 5.78 Å². The predicted molar refractivity (Wildman–Crippen MR) is 76.8 cm³/mol.